The van der Waals surface area contributed by atoms with Gasteiger partial charge < -0.3 is 9.47 Å². The van der Waals surface area contributed by atoms with Crippen molar-refractivity contribution in [3.8, 4) is 23.6 Å². The molecule has 0 heterocycles. The predicted octanol–water partition coefficient (Wildman–Crippen LogP) is 3.86. The Morgan fingerprint density at radius 3 is 2.43 bits per heavy atom. The number of allylic oxidation sites excluding steroid dienone is 2. The van der Waals surface area contributed by atoms with Gasteiger partial charge in [-0.1, -0.05) is 11.6 Å². The lowest BCUT2D eigenvalue weighted by molar-refractivity contribution is 0.296. The molecule has 0 aliphatic carbocycles. The molecule has 21 heavy (non-hydrogen) atoms. The normalized spacial score (nSPS) is 9.00. The van der Waals surface area contributed by atoms with E-state index >= 15 is 0 Å². The van der Waals surface area contributed by atoms with Crippen LogP contribution in [0.15, 0.2) is 35.4 Å². The van der Waals surface area contributed by atoms with Crippen LogP contribution >= 0.6 is 0 Å². The van der Waals surface area contributed by atoms with Gasteiger partial charge in [0.25, 0.3) is 0 Å². The largest absolute Gasteiger partial charge is 0.490 e. The first-order valence-corrected chi connectivity index (χ1v) is 6.65. The van der Waals surface area contributed by atoms with E-state index in [1.54, 1.807) is 18.2 Å². The molecule has 0 bridgehead atoms. The van der Waals surface area contributed by atoms with Gasteiger partial charge in [0.1, 0.15) is 24.3 Å². The monoisotopic (exact) mass is 282 g/mol. The SMILES string of the molecule is CCOc1cc(C=C(C#N)C#N)ccc1OCC=C(C)C. The van der Waals surface area contributed by atoms with Gasteiger partial charge in [-0.15, -0.1) is 0 Å². The van der Waals surface area contributed by atoms with Crippen LogP contribution in [0, 0.1) is 22.7 Å². The van der Waals surface area contributed by atoms with Gasteiger partial charge in [-0.05, 0) is 50.6 Å². The first-order valence-electron chi connectivity index (χ1n) is 6.65. The lowest BCUT2D eigenvalue weighted by Crippen LogP contribution is -1.99. The molecule has 0 aromatic heterocycles. The van der Waals surface area contributed by atoms with Crippen molar-refractivity contribution in [1.82, 2.24) is 0 Å². The number of rotatable bonds is 6. The minimum absolute atomic E-state index is 0.0515. The van der Waals surface area contributed by atoms with Crippen molar-refractivity contribution in [2.75, 3.05) is 13.2 Å². The maximum absolute atomic E-state index is 8.78. The number of nitrogens with zero attached hydrogens (tertiary/aromatic N) is 2. The smallest absolute Gasteiger partial charge is 0.161 e. The quantitative estimate of drug-likeness (QED) is 0.587. The van der Waals surface area contributed by atoms with Crippen molar-refractivity contribution in [3.63, 3.8) is 0 Å². The van der Waals surface area contributed by atoms with E-state index in [0.29, 0.717) is 24.7 Å². The molecule has 108 valence electrons. The first-order chi connectivity index (χ1) is 10.1. The summed E-state index contributed by atoms with van der Waals surface area (Å²) in [5, 5.41) is 17.6. The topological polar surface area (TPSA) is 66.0 Å². The van der Waals surface area contributed by atoms with Crippen LogP contribution in [0.2, 0.25) is 0 Å². The molecular formula is C17H18N2O2. The van der Waals surface area contributed by atoms with E-state index in [1.807, 2.05) is 39.0 Å². The zero-order valence-corrected chi connectivity index (χ0v) is 12.5. The molecule has 0 saturated heterocycles. The van der Waals surface area contributed by atoms with Gasteiger partial charge in [0.05, 0.1) is 6.61 Å². The van der Waals surface area contributed by atoms with Crippen molar-refractivity contribution in [1.29, 1.82) is 10.5 Å². The lowest BCUT2D eigenvalue weighted by atomic mass is 10.1. The third-order valence-electron chi connectivity index (χ3n) is 2.55. The highest BCUT2D eigenvalue weighted by Crippen LogP contribution is 2.29. The van der Waals surface area contributed by atoms with Gasteiger partial charge in [-0.3, -0.25) is 0 Å². The van der Waals surface area contributed by atoms with E-state index in [1.165, 1.54) is 11.6 Å². The van der Waals surface area contributed by atoms with Crippen LogP contribution in [0.3, 0.4) is 0 Å². The van der Waals surface area contributed by atoms with Gasteiger partial charge in [0, 0.05) is 0 Å². The summed E-state index contributed by atoms with van der Waals surface area (Å²) < 4.78 is 11.2. The summed E-state index contributed by atoms with van der Waals surface area (Å²) in [7, 11) is 0. The number of ether oxygens (including phenoxy) is 2. The summed E-state index contributed by atoms with van der Waals surface area (Å²) in [5.41, 5.74) is 1.96. The molecule has 1 rings (SSSR count). The predicted molar refractivity (Wildman–Crippen MR) is 81.7 cm³/mol. The Morgan fingerprint density at radius 2 is 1.86 bits per heavy atom. The van der Waals surface area contributed by atoms with Crippen molar-refractivity contribution in [2.45, 2.75) is 20.8 Å². The molecule has 0 unspecified atom stereocenters. The summed E-state index contributed by atoms with van der Waals surface area (Å²) in [5.74, 6) is 1.24. The molecule has 0 N–H and O–H groups in total. The second-order valence-corrected chi connectivity index (χ2v) is 4.51. The summed E-state index contributed by atoms with van der Waals surface area (Å²) in [6.07, 6.45) is 3.50. The molecule has 0 atom stereocenters. The molecule has 1 aromatic rings. The Bertz CT molecular complexity index is 611. The summed E-state index contributed by atoms with van der Waals surface area (Å²) in [6, 6.07) is 8.99. The van der Waals surface area contributed by atoms with Crippen molar-refractivity contribution < 1.29 is 9.47 Å². The highest BCUT2D eigenvalue weighted by molar-refractivity contribution is 5.64. The third kappa shape index (κ3) is 5.42. The van der Waals surface area contributed by atoms with Gasteiger partial charge in [0.2, 0.25) is 0 Å². The Morgan fingerprint density at radius 1 is 1.14 bits per heavy atom. The first kappa shape index (κ1) is 16.3. The van der Waals surface area contributed by atoms with Crippen LogP contribution in [0.1, 0.15) is 26.3 Å². The standard InChI is InChI=1S/C17H18N2O2/c1-4-20-17-10-14(9-15(11-18)12-19)5-6-16(17)21-8-7-13(2)3/h5-7,9-10H,4,8H2,1-3H3. The van der Waals surface area contributed by atoms with Crippen molar-refractivity contribution >= 4 is 6.08 Å². The molecule has 0 aliphatic heterocycles. The zero-order chi connectivity index (χ0) is 15.7. The Labute approximate surface area is 125 Å². The number of benzene rings is 1. The molecule has 4 heteroatoms. The fourth-order valence-corrected chi connectivity index (χ4v) is 1.56. The Kier molecular flexibility index (Phi) is 6.57. The van der Waals surface area contributed by atoms with E-state index < -0.39 is 0 Å². The van der Waals surface area contributed by atoms with Crippen LogP contribution < -0.4 is 9.47 Å². The number of nitriles is 2. The highest BCUT2D eigenvalue weighted by atomic mass is 16.5. The summed E-state index contributed by atoms with van der Waals surface area (Å²) in [6.45, 7) is 6.88. The molecule has 0 radical (unpaired) electrons. The van der Waals surface area contributed by atoms with Crippen molar-refractivity contribution in [3.05, 3.63) is 41.0 Å². The summed E-state index contributed by atoms with van der Waals surface area (Å²) >= 11 is 0. The average Bonchev–Trinajstić information content (AvgIpc) is 2.46. The van der Waals surface area contributed by atoms with E-state index in [0.717, 1.165) is 5.56 Å². The minimum atomic E-state index is 0.0515. The molecule has 1 aromatic carbocycles. The number of hydrogen-bond donors (Lipinski definition) is 0. The Hall–Kier alpha value is -2.72. The third-order valence-corrected chi connectivity index (χ3v) is 2.55. The van der Waals surface area contributed by atoms with Gasteiger partial charge in [-0.2, -0.15) is 10.5 Å². The lowest BCUT2D eigenvalue weighted by Gasteiger charge is -2.11. The molecule has 0 aliphatic rings. The second-order valence-electron chi connectivity index (χ2n) is 4.51. The fraction of sp³-hybridized carbons (Fsp3) is 0.294. The van der Waals surface area contributed by atoms with Crippen LogP contribution in [0.25, 0.3) is 6.08 Å². The van der Waals surface area contributed by atoms with E-state index in [4.69, 9.17) is 20.0 Å². The number of hydrogen-bond acceptors (Lipinski definition) is 4. The summed E-state index contributed by atoms with van der Waals surface area (Å²) in [4.78, 5) is 0. The minimum Gasteiger partial charge on any atom is -0.490 e. The highest BCUT2D eigenvalue weighted by Gasteiger charge is 2.06. The van der Waals surface area contributed by atoms with Crippen LogP contribution in [-0.4, -0.2) is 13.2 Å². The van der Waals surface area contributed by atoms with Gasteiger partial charge >= 0.3 is 0 Å². The van der Waals surface area contributed by atoms with Gasteiger partial charge in [-0.25, -0.2) is 0 Å². The molecule has 0 amide bonds. The molecule has 0 fully saturated rings. The molecule has 4 nitrogen and oxygen atoms in total. The maximum atomic E-state index is 8.78. The van der Waals surface area contributed by atoms with Crippen LogP contribution in [0.4, 0.5) is 0 Å². The van der Waals surface area contributed by atoms with Crippen LogP contribution in [0.5, 0.6) is 11.5 Å². The van der Waals surface area contributed by atoms with E-state index in [2.05, 4.69) is 0 Å². The van der Waals surface area contributed by atoms with Gasteiger partial charge in [0.15, 0.2) is 11.5 Å². The Balaban J connectivity index is 3.02. The van der Waals surface area contributed by atoms with E-state index in [-0.39, 0.29) is 5.57 Å². The van der Waals surface area contributed by atoms with Crippen LogP contribution in [-0.2, 0) is 0 Å². The average molecular weight is 282 g/mol. The molecular weight excluding hydrogens is 264 g/mol. The molecule has 0 spiro atoms. The second kappa shape index (κ2) is 8.45. The maximum Gasteiger partial charge on any atom is 0.161 e. The zero-order valence-electron chi connectivity index (χ0n) is 12.5. The fourth-order valence-electron chi connectivity index (χ4n) is 1.56. The van der Waals surface area contributed by atoms with E-state index in [9.17, 15) is 0 Å². The molecule has 0 saturated carbocycles. The van der Waals surface area contributed by atoms with Crippen molar-refractivity contribution in [2.24, 2.45) is 0 Å².